The van der Waals surface area contributed by atoms with Crippen LogP contribution in [-0.2, 0) is 13.0 Å². The van der Waals surface area contributed by atoms with Crippen molar-refractivity contribution in [3.05, 3.63) is 46.2 Å². The average molecular weight is 343 g/mol. The lowest BCUT2D eigenvalue weighted by atomic mass is 9.85. The molecule has 0 unspecified atom stereocenters. The molecule has 0 bridgehead atoms. The molecule has 2 aromatic rings. The van der Waals surface area contributed by atoms with Crippen LogP contribution in [0.25, 0.3) is 0 Å². The molecule has 4 rings (SSSR count). The molecule has 24 heavy (non-hydrogen) atoms. The summed E-state index contributed by atoms with van der Waals surface area (Å²) in [5.41, 5.74) is 3.79. The summed E-state index contributed by atoms with van der Waals surface area (Å²) in [6.07, 6.45) is 6.45. The maximum Gasteiger partial charge on any atom is 0.272 e. The fourth-order valence-electron chi connectivity index (χ4n) is 3.33. The van der Waals surface area contributed by atoms with Crippen molar-refractivity contribution in [1.29, 1.82) is 0 Å². The van der Waals surface area contributed by atoms with Crippen molar-refractivity contribution in [1.82, 2.24) is 15.1 Å². The van der Waals surface area contributed by atoms with Gasteiger partial charge in [0.1, 0.15) is 5.69 Å². The first kappa shape index (κ1) is 15.4. The van der Waals surface area contributed by atoms with Gasteiger partial charge in [0.25, 0.3) is 5.91 Å². The van der Waals surface area contributed by atoms with Crippen molar-refractivity contribution in [2.45, 2.75) is 32.2 Å². The number of halogens is 1. The Morgan fingerprint density at radius 3 is 2.96 bits per heavy atom. The lowest BCUT2D eigenvalue weighted by Gasteiger charge is -2.32. The first-order valence-corrected chi connectivity index (χ1v) is 8.72. The van der Waals surface area contributed by atoms with Gasteiger partial charge < -0.3 is 4.90 Å². The molecule has 5 nitrogen and oxygen atoms in total. The van der Waals surface area contributed by atoms with Gasteiger partial charge in [-0.15, -0.1) is 0 Å². The number of amides is 1. The fraction of sp³-hybridized carbons (Fsp3) is 0.389. The number of carbonyl (C=O) groups excluding carboxylic acids is 1. The number of benzene rings is 1. The largest absolute Gasteiger partial charge is 0.333 e. The van der Waals surface area contributed by atoms with Crippen molar-refractivity contribution in [2.75, 3.05) is 6.54 Å². The second-order valence-corrected chi connectivity index (χ2v) is 6.91. The molecule has 2 aliphatic rings. The molecule has 0 saturated heterocycles. The number of para-hydroxylation sites is 1. The summed E-state index contributed by atoms with van der Waals surface area (Å²) in [6, 6.07) is 7.79. The molecule has 0 radical (unpaired) electrons. The van der Waals surface area contributed by atoms with Crippen molar-refractivity contribution in [2.24, 2.45) is 10.9 Å². The number of rotatable bonds is 5. The molecule has 1 saturated carbocycles. The van der Waals surface area contributed by atoms with Gasteiger partial charge in [-0.05, 0) is 29.9 Å². The van der Waals surface area contributed by atoms with E-state index in [0.717, 1.165) is 24.2 Å². The van der Waals surface area contributed by atoms with Gasteiger partial charge in [0, 0.05) is 31.8 Å². The number of nitrogens with zero attached hydrogens (tertiary/aromatic N) is 3. The molecule has 0 spiro atoms. The molecule has 1 amide bonds. The second-order valence-electron chi connectivity index (χ2n) is 6.53. The van der Waals surface area contributed by atoms with E-state index in [2.05, 4.69) is 27.3 Å². The highest BCUT2D eigenvalue weighted by atomic mass is 35.5. The maximum atomic E-state index is 12.9. The lowest BCUT2D eigenvalue weighted by Crippen LogP contribution is -2.37. The minimum atomic E-state index is -0.0547. The van der Waals surface area contributed by atoms with E-state index in [1.807, 2.05) is 17.2 Å². The van der Waals surface area contributed by atoms with Gasteiger partial charge in [-0.3, -0.25) is 14.9 Å². The Kier molecular flexibility index (Phi) is 4.10. The molecule has 1 aromatic heterocycles. The van der Waals surface area contributed by atoms with Crippen LogP contribution >= 0.6 is 11.6 Å². The second kappa shape index (κ2) is 6.40. The molecule has 1 fully saturated rings. The third-order valence-corrected chi connectivity index (χ3v) is 5.06. The van der Waals surface area contributed by atoms with Gasteiger partial charge in [0.05, 0.1) is 5.69 Å². The monoisotopic (exact) mass is 342 g/mol. The number of fused-ring (bicyclic) bond motifs is 1. The molecule has 6 heteroatoms. The fourth-order valence-corrected chi connectivity index (χ4v) is 3.48. The highest BCUT2D eigenvalue weighted by Gasteiger charge is 2.26. The smallest absolute Gasteiger partial charge is 0.272 e. The van der Waals surface area contributed by atoms with Gasteiger partial charge in [0.2, 0.25) is 0 Å². The highest BCUT2D eigenvalue weighted by Crippen LogP contribution is 2.32. The summed E-state index contributed by atoms with van der Waals surface area (Å²) in [6.45, 7) is 1.33. The number of carbonyl (C=O) groups is 1. The van der Waals surface area contributed by atoms with Crippen LogP contribution in [0, 0.1) is 5.92 Å². The van der Waals surface area contributed by atoms with Crippen LogP contribution in [0.15, 0.2) is 29.3 Å². The van der Waals surface area contributed by atoms with E-state index in [-0.39, 0.29) is 5.91 Å². The number of aliphatic imine (C=N–C) groups is 1. The maximum absolute atomic E-state index is 12.9. The summed E-state index contributed by atoms with van der Waals surface area (Å²) in [5.74, 6) is 0.536. The van der Waals surface area contributed by atoms with Gasteiger partial charge in [-0.25, -0.2) is 0 Å². The van der Waals surface area contributed by atoms with Gasteiger partial charge in [-0.1, -0.05) is 36.2 Å². The van der Waals surface area contributed by atoms with Gasteiger partial charge in [-0.2, -0.15) is 5.10 Å². The molecular formula is C18H19ClN4O. The Bertz CT molecular complexity index is 794. The quantitative estimate of drug-likeness (QED) is 0.899. The van der Waals surface area contributed by atoms with Crippen molar-refractivity contribution < 1.29 is 4.79 Å². The van der Waals surface area contributed by atoms with E-state index in [1.54, 1.807) is 6.07 Å². The normalized spacial score (nSPS) is 16.0. The number of H-pyrrole nitrogens is 1. The summed E-state index contributed by atoms with van der Waals surface area (Å²) >= 11 is 5.86. The first-order chi connectivity index (χ1) is 11.7. The Morgan fingerprint density at radius 1 is 1.38 bits per heavy atom. The van der Waals surface area contributed by atoms with Crippen LogP contribution < -0.4 is 0 Å². The highest BCUT2D eigenvalue weighted by molar-refractivity contribution is 6.29. The Morgan fingerprint density at radius 2 is 2.25 bits per heavy atom. The molecule has 1 aromatic carbocycles. The summed E-state index contributed by atoms with van der Waals surface area (Å²) in [5, 5.41) is 6.91. The Hall–Kier alpha value is -2.14. The topological polar surface area (TPSA) is 61.4 Å². The van der Waals surface area contributed by atoms with E-state index in [1.165, 1.54) is 24.8 Å². The predicted molar refractivity (Wildman–Crippen MR) is 94.0 cm³/mol. The standard InChI is InChI=1S/C18H19ClN4O/c19-16-9-15(21-22-16)18(24)23(10-12-3-1-4-12)11-14-6-2-5-13-7-8-20-17(13)14/h2,5-6,8-9,12H,1,3-4,7,10-11H2,(H,21,22). The van der Waals surface area contributed by atoms with E-state index < -0.39 is 0 Å². The lowest BCUT2D eigenvalue weighted by molar-refractivity contribution is 0.0674. The number of nitrogens with one attached hydrogen (secondary N) is 1. The molecular weight excluding hydrogens is 324 g/mol. The molecule has 1 aliphatic carbocycles. The summed E-state index contributed by atoms with van der Waals surface area (Å²) in [4.78, 5) is 19.3. The van der Waals surface area contributed by atoms with Crippen LogP contribution in [0.4, 0.5) is 5.69 Å². The third-order valence-electron chi connectivity index (χ3n) is 4.86. The van der Waals surface area contributed by atoms with Crippen LogP contribution in [0.5, 0.6) is 0 Å². The summed E-state index contributed by atoms with van der Waals surface area (Å²) < 4.78 is 0. The SMILES string of the molecule is O=C(c1cc(Cl)n[nH]1)N(Cc1cccc2c1N=CC2)CC1CCC1. The molecule has 1 N–H and O–H groups in total. The van der Waals surface area contributed by atoms with E-state index in [0.29, 0.717) is 23.3 Å². The van der Waals surface area contributed by atoms with Crippen LogP contribution in [0.3, 0.4) is 0 Å². The zero-order chi connectivity index (χ0) is 16.5. The van der Waals surface area contributed by atoms with E-state index in [4.69, 9.17) is 11.6 Å². The van der Waals surface area contributed by atoms with Gasteiger partial charge >= 0.3 is 0 Å². The Labute approximate surface area is 145 Å². The zero-order valence-corrected chi connectivity index (χ0v) is 14.1. The van der Waals surface area contributed by atoms with Crippen molar-refractivity contribution in [3.8, 4) is 0 Å². The predicted octanol–water partition coefficient (Wildman–Crippen LogP) is 3.76. The molecule has 124 valence electrons. The minimum Gasteiger partial charge on any atom is -0.333 e. The number of hydrogen-bond donors (Lipinski definition) is 1. The number of aromatic amines is 1. The molecule has 0 atom stereocenters. The average Bonchev–Trinajstić information content (AvgIpc) is 3.17. The number of hydrogen-bond acceptors (Lipinski definition) is 3. The minimum absolute atomic E-state index is 0.0547. The van der Waals surface area contributed by atoms with Gasteiger partial charge in [0.15, 0.2) is 5.15 Å². The van der Waals surface area contributed by atoms with Crippen molar-refractivity contribution in [3.63, 3.8) is 0 Å². The number of aromatic nitrogens is 2. The van der Waals surface area contributed by atoms with E-state index in [9.17, 15) is 4.79 Å². The third kappa shape index (κ3) is 2.96. The van der Waals surface area contributed by atoms with Crippen LogP contribution in [0.2, 0.25) is 5.15 Å². The van der Waals surface area contributed by atoms with Crippen molar-refractivity contribution >= 4 is 29.4 Å². The molecule has 2 heterocycles. The first-order valence-electron chi connectivity index (χ1n) is 8.34. The van der Waals surface area contributed by atoms with E-state index >= 15 is 0 Å². The van der Waals surface area contributed by atoms with Crippen LogP contribution in [0.1, 0.15) is 40.9 Å². The zero-order valence-electron chi connectivity index (χ0n) is 13.3. The van der Waals surface area contributed by atoms with Crippen LogP contribution in [-0.4, -0.2) is 33.8 Å². The molecule has 1 aliphatic heterocycles. The summed E-state index contributed by atoms with van der Waals surface area (Å²) in [7, 11) is 0. The Balaban J connectivity index is 1.59.